The summed E-state index contributed by atoms with van der Waals surface area (Å²) in [7, 11) is 0. The molecule has 0 aromatic heterocycles. The number of halogens is 1. The van der Waals surface area contributed by atoms with Crippen LogP contribution in [-0.4, -0.2) is 17.0 Å². The number of carbonyl (C=O) groups excluding carboxylic acids is 1. The van der Waals surface area contributed by atoms with E-state index in [-0.39, 0.29) is 12.3 Å². The SMILES string of the molecule is CC(C)C(C)(CC(=O)N[C@H](C)c1ccccc1F)C(=O)O. The molecule has 0 aliphatic heterocycles. The van der Waals surface area contributed by atoms with E-state index in [4.69, 9.17) is 0 Å². The largest absolute Gasteiger partial charge is 0.481 e. The van der Waals surface area contributed by atoms with Gasteiger partial charge in [-0.3, -0.25) is 9.59 Å². The lowest BCUT2D eigenvalue weighted by atomic mass is 9.76. The molecule has 1 amide bonds. The first-order valence-corrected chi connectivity index (χ1v) is 6.95. The number of aliphatic carboxylic acids is 1. The van der Waals surface area contributed by atoms with E-state index < -0.39 is 29.2 Å². The Bertz CT molecular complexity index is 530. The van der Waals surface area contributed by atoms with Gasteiger partial charge in [-0.1, -0.05) is 32.0 Å². The molecule has 0 spiro atoms. The molecule has 0 heterocycles. The normalized spacial score (nSPS) is 15.3. The van der Waals surface area contributed by atoms with Crippen LogP contribution in [0, 0.1) is 17.2 Å². The summed E-state index contributed by atoms with van der Waals surface area (Å²) < 4.78 is 13.6. The third kappa shape index (κ3) is 4.03. The molecule has 0 radical (unpaired) electrons. The molecular formula is C16H22FNO3. The Morgan fingerprint density at radius 3 is 2.33 bits per heavy atom. The summed E-state index contributed by atoms with van der Waals surface area (Å²) in [6.07, 6.45) is -0.140. The van der Waals surface area contributed by atoms with Crippen LogP contribution < -0.4 is 5.32 Å². The molecule has 0 aliphatic carbocycles. The van der Waals surface area contributed by atoms with Gasteiger partial charge in [0.15, 0.2) is 0 Å². The predicted octanol–water partition coefficient (Wildman–Crippen LogP) is 3.14. The number of rotatable bonds is 6. The Kier molecular flexibility index (Phi) is 5.47. The Labute approximate surface area is 124 Å². The van der Waals surface area contributed by atoms with Gasteiger partial charge in [-0.05, 0) is 25.8 Å². The minimum absolute atomic E-state index is 0.140. The van der Waals surface area contributed by atoms with Crippen molar-refractivity contribution in [3.05, 3.63) is 35.6 Å². The van der Waals surface area contributed by atoms with E-state index in [1.807, 2.05) is 0 Å². The molecular weight excluding hydrogens is 273 g/mol. The molecule has 0 aliphatic rings. The Hall–Kier alpha value is -1.91. The van der Waals surface area contributed by atoms with Crippen LogP contribution in [-0.2, 0) is 9.59 Å². The smallest absolute Gasteiger partial charge is 0.310 e. The molecule has 1 rings (SSSR count). The van der Waals surface area contributed by atoms with E-state index in [2.05, 4.69) is 5.32 Å². The minimum Gasteiger partial charge on any atom is -0.481 e. The van der Waals surface area contributed by atoms with Gasteiger partial charge in [0.25, 0.3) is 0 Å². The van der Waals surface area contributed by atoms with E-state index >= 15 is 0 Å². The maximum atomic E-state index is 13.6. The number of hydrogen-bond donors (Lipinski definition) is 2. The maximum absolute atomic E-state index is 13.6. The standard InChI is InChI=1S/C16H22FNO3/c1-10(2)16(4,15(20)21)9-14(19)18-11(3)12-7-5-6-8-13(12)17/h5-8,10-11H,9H2,1-4H3,(H,18,19)(H,20,21)/t11-,16?/m1/s1. The number of amides is 1. The molecule has 0 saturated heterocycles. The fourth-order valence-corrected chi connectivity index (χ4v) is 2.06. The Balaban J connectivity index is 2.78. The van der Waals surface area contributed by atoms with Gasteiger partial charge in [0.05, 0.1) is 11.5 Å². The number of carboxylic acids is 1. The predicted molar refractivity (Wildman–Crippen MR) is 78.2 cm³/mol. The van der Waals surface area contributed by atoms with Crippen molar-refractivity contribution in [2.75, 3.05) is 0 Å². The highest BCUT2D eigenvalue weighted by Crippen LogP contribution is 2.31. The topological polar surface area (TPSA) is 66.4 Å². The van der Waals surface area contributed by atoms with E-state index in [1.165, 1.54) is 6.07 Å². The first kappa shape index (κ1) is 17.1. The van der Waals surface area contributed by atoms with Crippen LogP contribution in [0.5, 0.6) is 0 Å². The average Bonchev–Trinajstić information content (AvgIpc) is 2.38. The Morgan fingerprint density at radius 2 is 1.86 bits per heavy atom. The maximum Gasteiger partial charge on any atom is 0.310 e. The lowest BCUT2D eigenvalue weighted by Gasteiger charge is -2.29. The van der Waals surface area contributed by atoms with Crippen LogP contribution in [0.3, 0.4) is 0 Å². The number of carboxylic acid groups (broad SMARTS) is 1. The first-order chi connectivity index (χ1) is 9.68. The fraction of sp³-hybridized carbons (Fsp3) is 0.500. The second-order valence-corrected chi connectivity index (χ2v) is 5.86. The summed E-state index contributed by atoms with van der Waals surface area (Å²) in [6.45, 7) is 6.75. The summed E-state index contributed by atoms with van der Waals surface area (Å²) >= 11 is 0. The van der Waals surface area contributed by atoms with Crippen molar-refractivity contribution in [2.24, 2.45) is 11.3 Å². The Morgan fingerprint density at radius 1 is 1.29 bits per heavy atom. The zero-order valence-corrected chi connectivity index (χ0v) is 12.8. The lowest BCUT2D eigenvalue weighted by Crippen LogP contribution is -2.39. The number of hydrogen-bond acceptors (Lipinski definition) is 2. The molecule has 5 heteroatoms. The zero-order valence-electron chi connectivity index (χ0n) is 12.8. The minimum atomic E-state index is -1.14. The average molecular weight is 295 g/mol. The lowest BCUT2D eigenvalue weighted by molar-refractivity contribution is -0.153. The zero-order chi connectivity index (χ0) is 16.2. The van der Waals surface area contributed by atoms with Gasteiger partial charge in [-0.15, -0.1) is 0 Å². The molecule has 116 valence electrons. The van der Waals surface area contributed by atoms with Crippen molar-refractivity contribution in [3.8, 4) is 0 Å². The fourth-order valence-electron chi connectivity index (χ4n) is 2.06. The summed E-state index contributed by atoms with van der Waals surface area (Å²) in [5.41, 5.74) is -0.758. The van der Waals surface area contributed by atoms with Gasteiger partial charge in [-0.25, -0.2) is 4.39 Å². The quantitative estimate of drug-likeness (QED) is 0.847. The molecule has 4 nitrogen and oxygen atoms in total. The molecule has 21 heavy (non-hydrogen) atoms. The van der Waals surface area contributed by atoms with Gasteiger partial charge in [0.2, 0.25) is 5.91 Å². The van der Waals surface area contributed by atoms with Gasteiger partial charge >= 0.3 is 5.97 Å². The van der Waals surface area contributed by atoms with Gasteiger partial charge in [0.1, 0.15) is 5.82 Å². The molecule has 0 fully saturated rings. The summed E-state index contributed by atoms with van der Waals surface area (Å²) in [4.78, 5) is 23.4. The molecule has 1 aromatic carbocycles. The highest BCUT2D eigenvalue weighted by atomic mass is 19.1. The molecule has 2 N–H and O–H groups in total. The van der Waals surface area contributed by atoms with Crippen LogP contribution in [0.2, 0.25) is 0 Å². The highest BCUT2D eigenvalue weighted by Gasteiger charge is 2.39. The first-order valence-electron chi connectivity index (χ1n) is 6.95. The van der Waals surface area contributed by atoms with Crippen molar-refractivity contribution in [1.82, 2.24) is 5.32 Å². The van der Waals surface area contributed by atoms with E-state index in [1.54, 1.807) is 45.9 Å². The van der Waals surface area contributed by atoms with Crippen LogP contribution in [0.4, 0.5) is 4.39 Å². The van der Waals surface area contributed by atoms with Crippen molar-refractivity contribution >= 4 is 11.9 Å². The summed E-state index contributed by atoms with van der Waals surface area (Å²) in [5, 5.41) is 12.0. The molecule has 0 saturated carbocycles. The monoisotopic (exact) mass is 295 g/mol. The van der Waals surface area contributed by atoms with Gasteiger partial charge < -0.3 is 10.4 Å². The van der Waals surface area contributed by atoms with Crippen LogP contribution in [0.15, 0.2) is 24.3 Å². The van der Waals surface area contributed by atoms with E-state index in [9.17, 15) is 19.1 Å². The van der Waals surface area contributed by atoms with Gasteiger partial charge in [0, 0.05) is 12.0 Å². The van der Waals surface area contributed by atoms with Crippen LogP contribution in [0.25, 0.3) is 0 Å². The number of carbonyl (C=O) groups is 2. The van der Waals surface area contributed by atoms with E-state index in [0.29, 0.717) is 5.56 Å². The number of nitrogens with one attached hydrogen (secondary N) is 1. The van der Waals surface area contributed by atoms with Crippen LogP contribution in [0.1, 0.15) is 45.7 Å². The molecule has 1 aromatic rings. The highest BCUT2D eigenvalue weighted by molar-refractivity contribution is 5.85. The van der Waals surface area contributed by atoms with Crippen molar-refractivity contribution in [3.63, 3.8) is 0 Å². The van der Waals surface area contributed by atoms with Crippen LogP contribution >= 0.6 is 0 Å². The summed E-state index contributed by atoms with van der Waals surface area (Å²) in [6, 6.07) is 5.68. The van der Waals surface area contributed by atoms with Gasteiger partial charge in [-0.2, -0.15) is 0 Å². The second kappa shape index (κ2) is 6.70. The van der Waals surface area contributed by atoms with Crippen molar-refractivity contribution < 1.29 is 19.1 Å². The summed E-state index contributed by atoms with van der Waals surface area (Å²) in [5.74, 6) is -1.99. The molecule has 2 atom stereocenters. The third-order valence-electron chi connectivity index (χ3n) is 4.04. The second-order valence-electron chi connectivity index (χ2n) is 5.86. The third-order valence-corrected chi connectivity index (χ3v) is 4.04. The van der Waals surface area contributed by atoms with E-state index in [0.717, 1.165) is 0 Å². The van der Waals surface area contributed by atoms with Crippen molar-refractivity contribution in [1.29, 1.82) is 0 Å². The molecule has 1 unspecified atom stereocenters. The van der Waals surface area contributed by atoms with Crippen molar-refractivity contribution in [2.45, 2.75) is 40.2 Å². The molecule has 0 bridgehead atoms. The number of benzene rings is 1.